The predicted octanol–water partition coefficient (Wildman–Crippen LogP) is 4.15. The maximum absolute atomic E-state index is 12.3. The molecule has 3 nitrogen and oxygen atoms in total. The maximum atomic E-state index is 12.3. The van der Waals surface area contributed by atoms with Gasteiger partial charge in [0.1, 0.15) is 5.03 Å². The number of nitrogens with one attached hydrogen (secondary N) is 1. The van der Waals surface area contributed by atoms with Crippen molar-refractivity contribution in [1.82, 2.24) is 10.3 Å². The second kappa shape index (κ2) is 8.47. The molecule has 2 aromatic rings. The third-order valence-electron chi connectivity index (χ3n) is 3.04. The van der Waals surface area contributed by atoms with Crippen molar-refractivity contribution in [3.8, 4) is 0 Å². The first kappa shape index (κ1) is 15.6. The van der Waals surface area contributed by atoms with Gasteiger partial charge in [0.15, 0.2) is 0 Å². The molecule has 0 fully saturated rings. The van der Waals surface area contributed by atoms with Crippen LogP contribution in [0.2, 0.25) is 0 Å². The fraction of sp³-hybridized carbons (Fsp3) is 0.294. The Bertz CT molecular complexity index is 572. The monoisotopic (exact) mass is 300 g/mol. The minimum Gasteiger partial charge on any atom is -0.352 e. The molecule has 0 spiro atoms. The Morgan fingerprint density at radius 1 is 1.14 bits per heavy atom. The van der Waals surface area contributed by atoms with E-state index in [-0.39, 0.29) is 5.91 Å². The number of hydrogen-bond donors (Lipinski definition) is 1. The predicted molar refractivity (Wildman–Crippen MR) is 86.7 cm³/mol. The summed E-state index contributed by atoms with van der Waals surface area (Å²) in [5, 5.41) is 3.71. The van der Waals surface area contributed by atoms with E-state index < -0.39 is 0 Å². The van der Waals surface area contributed by atoms with Crippen LogP contribution in [0, 0.1) is 0 Å². The molecule has 0 aliphatic heterocycles. The van der Waals surface area contributed by atoms with Crippen LogP contribution in [0.5, 0.6) is 0 Å². The van der Waals surface area contributed by atoms with Gasteiger partial charge in [0.25, 0.3) is 5.91 Å². The van der Waals surface area contributed by atoms with Gasteiger partial charge in [-0.05, 0) is 30.7 Å². The molecule has 1 aromatic carbocycles. The van der Waals surface area contributed by atoms with Gasteiger partial charge in [-0.1, -0.05) is 49.7 Å². The first-order valence-corrected chi connectivity index (χ1v) is 8.09. The van der Waals surface area contributed by atoms with Crippen molar-refractivity contribution < 1.29 is 4.79 Å². The quantitative estimate of drug-likeness (QED) is 0.781. The summed E-state index contributed by atoms with van der Waals surface area (Å²) in [6.07, 6.45) is 5.03. The lowest BCUT2D eigenvalue weighted by Gasteiger charge is -2.08. The SMILES string of the molecule is CCCCCNC(=O)c1cccnc1Sc1ccccc1. The van der Waals surface area contributed by atoms with E-state index in [1.807, 2.05) is 36.4 Å². The number of pyridine rings is 1. The highest BCUT2D eigenvalue weighted by atomic mass is 32.2. The largest absolute Gasteiger partial charge is 0.352 e. The molecule has 1 N–H and O–H groups in total. The zero-order valence-corrected chi connectivity index (χ0v) is 13.0. The van der Waals surface area contributed by atoms with Crippen molar-refractivity contribution in [3.63, 3.8) is 0 Å². The van der Waals surface area contributed by atoms with Crippen molar-refractivity contribution in [2.45, 2.75) is 36.1 Å². The normalized spacial score (nSPS) is 10.3. The van der Waals surface area contributed by atoms with Gasteiger partial charge < -0.3 is 5.32 Å². The van der Waals surface area contributed by atoms with E-state index in [1.165, 1.54) is 11.8 Å². The van der Waals surface area contributed by atoms with Crippen LogP contribution >= 0.6 is 11.8 Å². The van der Waals surface area contributed by atoms with Crippen LogP contribution in [-0.4, -0.2) is 17.4 Å². The number of carbonyl (C=O) groups is 1. The molecule has 0 radical (unpaired) electrons. The molecule has 0 atom stereocenters. The van der Waals surface area contributed by atoms with Crippen LogP contribution in [-0.2, 0) is 0 Å². The molecular formula is C17H20N2OS. The van der Waals surface area contributed by atoms with Crippen molar-refractivity contribution >= 4 is 17.7 Å². The van der Waals surface area contributed by atoms with E-state index in [4.69, 9.17) is 0 Å². The van der Waals surface area contributed by atoms with Gasteiger partial charge in [-0.3, -0.25) is 4.79 Å². The summed E-state index contributed by atoms with van der Waals surface area (Å²) in [4.78, 5) is 17.7. The Morgan fingerprint density at radius 2 is 1.95 bits per heavy atom. The van der Waals surface area contributed by atoms with Gasteiger partial charge in [-0.2, -0.15) is 0 Å². The Labute approximate surface area is 130 Å². The van der Waals surface area contributed by atoms with Crippen LogP contribution in [0.3, 0.4) is 0 Å². The van der Waals surface area contributed by atoms with Gasteiger partial charge in [0.05, 0.1) is 5.56 Å². The number of carbonyl (C=O) groups excluding carboxylic acids is 1. The molecule has 21 heavy (non-hydrogen) atoms. The Hall–Kier alpha value is -1.81. The number of benzene rings is 1. The lowest BCUT2D eigenvalue weighted by atomic mass is 10.2. The van der Waals surface area contributed by atoms with Gasteiger partial charge >= 0.3 is 0 Å². The summed E-state index contributed by atoms with van der Waals surface area (Å²) >= 11 is 1.51. The fourth-order valence-corrected chi connectivity index (χ4v) is 2.82. The van der Waals surface area contributed by atoms with E-state index in [2.05, 4.69) is 17.2 Å². The van der Waals surface area contributed by atoms with E-state index >= 15 is 0 Å². The molecule has 4 heteroatoms. The Balaban J connectivity index is 2.04. The van der Waals surface area contributed by atoms with Crippen molar-refractivity contribution in [2.24, 2.45) is 0 Å². The smallest absolute Gasteiger partial charge is 0.254 e. The highest BCUT2D eigenvalue weighted by molar-refractivity contribution is 7.99. The van der Waals surface area contributed by atoms with E-state index in [0.717, 1.165) is 35.7 Å². The zero-order chi connectivity index (χ0) is 14.9. The molecule has 1 aromatic heterocycles. The third-order valence-corrected chi connectivity index (χ3v) is 4.07. The maximum Gasteiger partial charge on any atom is 0.254 e. The molecule has 0 aliphatic rings. The molecule has 0 unspecified atom stereocenters. The molecule has 110 valence electrons. The summed E-state index contributed by atoms with van der Waals surface area (Å²) in [6.45, 7) is 2.87. The number of rotatable bonds is 7. The van der Waals surface area contributed by atoms with Gasteiger partial charge in [-0.15, -0.1) is 0 Å². The number of hydrogen-bond acceptors (Lipinski definition) is 3. The van der Waals surface area contributed by atoms with E-state index in [0.29, 0.717) is 5.56 Å². The second-order valence-corrected chi connectivity index (χ2v) is 5.80. The van der Waals surface area contributed by atoms with Crippen molar-refractivity contribution in [1.29, 1.82) is 0 Å². The van der Waals surface area contributed by atoms with E-state index in [9.17, 15) is 4.79 Å². The minimum absolute atomic E-state index is 0.0439. The van der Waals surface area contributed by atoms with Crippen molar-refractivity contribution in [2.75, 3.05) is 6.54 Å². The fourth-order valence-electron chi connectivity index (χ4n) is 1.92. The van der Waals surface area contributed by atoms with E-state index in [1.54, 1.807) is 12.3 Å². The summed E-state index contributed by atoms with van der Waals surface area (Å²) in [5.74, 6) is -0.0439. The second-order valence-electron chi connectivity index (χ2n) is 4.73. The molecule has 0 bridgehead atoms. The average Bonchev–Trinajstić information content (AvgIpc) is 2.53. The van der Waals surface area contributed by atoms with Crippen LogP contribution in [0.1, 0.15) is 36.5 Å². The third kappa shape index (κ3) is 4.90. The molecule has 1 heterocycles. The molecular weight excluding hydrogens is 280 g/mol. The van der Waals surface area contributed by atoms with Crippen LogP contribution < -0.4 is 5.32 Å². The van der Waals surface area contributed by atoms with Crippen LogP contribution in [0.4, 0.5) is 0 Å². The molecule has 0 saturated carbocycles. The first-order valence-electron chi connectivity index (χ1n) is 7.27. The topological polar surface area (TPSA) is 42.0 Å². The van der Waals surface area contributed by atoms with Crippen LogP contribution in [0.25, 0.3) is 0 Å². The highest BCUT2D eigenvalue weighted by Gasteiger charge is 2.12. The van der Waals surface area contributed by atoms with Gasteiger partial charge in [0.2, 0.25) is 0 Å². The Morgan fingerprint density at radius 3 is 2.71 bits per heavy atom. The van der Waals surface area contributed by atoms with Crippen LogP contribution in [0.15, 0.2) is 58.6 Å². The summed E-state index contributed by atoms with van der Waals surface area (Å²) in [5.41, 5.74) is 0.642. The van der Waals surface area contributed by atoms with Gasteiger partial charge in [0, 0.05) is 17.6 Å². The number of amides is 1. The molecule has 0 saturated heterocycles. The lowest BCUT2D eigenvalue weighted by Crippen LogP contribution is -2.25. The van der Waals surface area contributed by atoms with Gasteiger partial charge in [-0.25, -0.2) is 4.98 Å². The summed E-state index contributed by atoms with van der Waals surface area (Å²) in [7, 11) is 0. The molecule has 2 rings (SSSR count). The Kier molecular flexibility index (Phi) is 6.28. The average molecular weight is 300 g/mol. The number of aromatic nitrogens is 1. The number of nitrogens with zero attached hydrogens (tertiary/aromatic N) is 1. The molecule has 1 amide bonds. The minimum atomic E-state index is -0.0439. The summed E-state index contributed by atoms with van der Waals surface area (Å²) in [6, 6.07) is 13.6. The highest BCUT2D eigenvalue weighted by Crippen LogP contribution is 2.28. The number of unbranched alkanes of at least 4 members (excludes halogenated alkanes) is 2. The first-order chi connectivity index (χ1) is 10.3. The zero-order valence-electron chi connectivity index (χ0n) is 12.2. The standard InChI is InChI=1S/C17H20N2OS/c1-2-3-7-12-18-16(20)15-11-8-13-19-17(15)21-14-9-5-4-6-10-14/h4-6,8-11,13H,2-3,7,12H2,1H3,(H,18,20). The lowest BCUT2D eigenvalue weighted by molar-refractivity contribution is 0.0949. The van der Waals surface area contributed by atoms with Crippen molar-refractivity contribution in [3.05, 3.63) is 54.2 Å². The summed E-state index contributed by atoms with van der Waals surface area (Å²) < 4.78 is 0. The molecule has 0 aliphatic carbocycles.